The van der Waals surface area contributed by atoms with Gasteiger partial charge in [0.15, 0.2) is 0 Å². The highest BCUT2D eigenvalue weighted by molar-refractivity contribution is 5.49. The van der Waals surface area contributed by atoms with Gasteiger partial charge in [0.2, 0.25) is 0 Å². The molecular weight excluding hydrogens is 793 g/mol. The minimum Gasteiger partial charge on any atom is -0.350 e. The van der Waals surface area contributed by atoms with Gasteiger partial charge in [0.1, 0.15) is 22.7 Å². The number of benzene rings is 4. The van der Waals surface area contributed by atoms with E-state index in [2.05, 4.69) is 86.9 Å². The van der Waals surface area contributed by atoms with E-state index in [1.807, 2.05) is 201 Å². The van der Waals surface area contributed by atoms with Crippen LogP contribution in [0, 0.1) is 55.4 Å². The molecule has 0 N–H and O–H groups in total. The fraction of sp³-hybridized carbons (Fsp3) is 0.231. The second kappa shape index (κ2) is 23.0. The molecule has 4 heterocycles. The van der Waals surface area contributed by atoms with E-state index in [1.54, 1.807) is 0 Å². The Kier molecular flexibility index (Phi) is 17.1. The van der Waals surface area contributed by atoms with Crippen LogP contribution in [0.5, 0.6) is 0 Å². The maximum atomic E-state index is 4.26. The van der Waals surface area contributed by atoms with Crippen molar-refractivity contribution in [2.24, 2.45) is 69.1 Å². The van der Waals surface area contributed by atoms with E-state index >= 15 is 0 Å². The third-order valence-electron chi connectivity index (χ3n) is 11.1. The van der Waals surface area contributed by atoms with Gasteiger partial charge in [-0.05, 0) is 128 Å². The van der Waals surface area contributed by atoms with Gasteiger partial charge < -0.3 is 18.3 Å². The first-order valence-corrected chi connectivity index (χ1v) is 21.1. The van der Waals surface area contributed by atoms with E-state index in [0.717, 1.165) is 68.3 Å². The van der Waals surface area contributed by atoms with Crippen molar-refractivity contribution < 1.29 is 0 Å². The molecule has 64 heavy (non-hydrogen) atoms. The summed E-state index contributed by atoms with van der Waals surface area (Å²) in [4.78, 5) is 0. The Morgan fingerprint density at radius 3 is 0.562 bits per heavy atom. The molecule has 0 aliphatic carbocycles. The number of azo groups is 4. The van der Waals surface area contributed by atoms with Gasteiger partial charge in [0.25, 0.3) is 0 Å². The third-order valence-corrected chi connectivity index (χ3v) is 11.1. The number of nitrogens with zero attached hydrogens (tertiary/aromatic N) is 12. The van der Waals surface area contributed by atoms with Gasteiger partial charge in [-0.2, -0.15) is 20.5 Å². The fourth-order valence-corrected chi connectivity index (χ4v) is 6.17. The van der Waals surface area contributed by atoms with Gasteiger partial charge in [-0.3, -0.25) is 0 Å². The first kappa shape index (κ1) is 47.4. The molecule has 4 aromatic heterocycles. The van der Waals surface area contributed by atoms with Crippen molar-refractivity contribution in [2.45, 2.75) is 55.4 Å². The number of hydrogen-bond donors (Lipinski definition) is 0. The summed E-state index contributed by atoms with van der Waals surface area (Å²) in [7, 11) is 8.14. The smallest absolute Gasteiger partial charge is 0.107 e. The molecule has 8 aromatic rings. The Balaban J connectivity index is 0.000000161. The zero-order chi connectivity index (χ0) is 46.2. The van der Waals surface area contributed by atoms with Crippen molar-refractivity contribution in [3.8, 4) is 0 Å². The summed E-state index contributed by atoms with van der Waals surface area (Å²) in [6.07, 6.45) is 0. The first-order valence-electron chi connectivity index (χ1n) is 21.1. The second-order valence-electron chi connectivity index (χ2n) is 15.4. The quantitative estimate of drug-likeness (QED) is 0.135. The van der Waals surface area contributed by atoms with Crippen LogP contribution in [0.2, 0.25) is 0 Å². The van der Waals surface area contributed by atoms with E-state index in [9.17, 15) is 0 Å². The van der Waals surface area contributed by atoms with Crippen molar-refractivity contribution >= 4 is 45.5 Å². The van der Waals surface area contributed by atoms with Crippen LogP contribution in [0.25, 0.3) is 0 Å². The van der Waals surface area contributed by atoms with E-state index in [1.165, 1.54) is 22.8 Å². The Bertz CT molecular complexity index is 2430. The molecule has 12 heteroatoms. The standard InChI is InChI=1S/4C13H15N3/c4*1-10-9-13(11(2)16(10)3)15-14-12-7-5-4-6-8-12/h4*4-9H,1-3H3. The molecule has 0 aliphatic rings. The lowest BCUT2D eigenvalue weighted by atomic mass is 10.3. The van der Waals surface area contributed by atoms with Gasteiger partial charge in [-0.1, -0.05) is 72.8 Å². The van der Waals surface area contributed by atoms with Crippen LogP contribution in [0.4, 0.5) is 45.5 Å². The summed E-state index contributed by atoms with van der Waals surface area (Å²) >= 11 is 0. The van der Waals surface area contributed by atoms with Crippen LogP contribution in [0.3, 0.4) is 0 Å². The number of hydrogen-bond acceptors (Lipinski definition) is 8. The molecule has 0 radical (unpaired) electrons. The molecule has 0 spiro atoms. The summed E-state index contributed by atoms with van der Waals surface area (Å²) in [5.41, 5.74) is 16.6. The average molecular weight is 853 g/mol. The van der Waals surface area contributed by atoms with Crippen LogP contribution in [0.1, 0.15) is 45.6 Å². The molecule has 8 rings (SSSR count). The molecule has 0 amide bonds. The van der Waals surface area contributed by atoms with E-state index in [-0.39, 0.29) is 0 Å². The lowest BCUT2D eigenvalue weighted by Crippen LogP contribution is -1.91. The molecule has 4 aromatic carbocycles. The molecule has 0 bridgehead atoms. The van der Waals surface area contributed by atoms with Crippen molar-refractivity contribution in [1.29, 1.82) is 0 Å². The number of rotatable bonds is 8. The van der Waals surface area contributed by atoms with Crippen LogP contribution in [-0.2, 0) is 28.2 Å². The second-order valence-corrected chi connectivity index (χ2v) is 15.4. The summed E-state index contributed by atoms with van der Waals surface area (Å²) in [5, 5.41) is 33.9. The Morgan fingerprint density at radius 2 is 0.422 bits per heavy atom. The minimum atomic E-state index is 0.878. The van der Waals surface area contributed by atoms with Crippen molar-refractivity contribution in [2.75, 3.05) is 0 Å². The minimum absolute atomic E-state index is 0.878. The lowest BCUT2D eigenvalue weighted by Gasteiger charge is -1.97. The SMILES string of the molecule is Cc1cc(N=Nc2ccccc2)c(C)n1C.Cc1cc(N=Nc2ccccc2)c(C)n1C.Cc1cc(N=Nc2ccccc2)c(C)n1C.Cc1cc(N=Nc2ccccc2)c(C)n1C. The highest BCUT2D eigenvalue weighted by Crippen LogP contribution is 2.28. The van der Waals surface area contributed by atoms with Gasteiger partial charge >= 0.3 is 0 Å². The molecule has 0 unspecified atom stereocenters. The predicted octanol–water partition coefficient (Wildman–Crippen LogP) is 16.2. The molecule has 0 atom stereocenters. The van der Waals surface area contributed by atoms with E-state index in [4.69, 9.17) is 0 Å². The van der Waals surface area contributed by atoms with Gasteiger partial charge in [0, 0.05) is 73.7 Å². The highest BCUT2D eigenvalue weighted by Gasteiger charge is 2.07. The average Bonchev–Trinajstić information content (AvgIpc) is 3.92. The molecule has 0 saturated heterocycles. The highest BCUT2D eigenvalue weighted by atomic mass is 15.1. The van der Waals surface area contributed by atoms with Crippen LogP contribution in [-0.4, -0.2) is 18.3 Å². The van der Waals surface area contributed by atoms with Crippen molar-refractivity contribution in [3.05, 3.63) is 191 Å². The first-order chi connectivity index (χ1) is 30.7. The van der Waals surface area contributed by atoms with Gasteiger partial charge in [-0.15, -0.1) is 20.5 Å². The monoisotopic (exact) mass is 853 g/mol. The molecule has 12 nitrogen and oxygen atoms in total. The summed E-state index contributed by atoms with van der Waals surface area (Å²) in [6, 6.07) is 47.2. The van der Waals surface area contributed by atoms with Crippen LogP contribution < -0.4 is 0 Å². The zero-order valence-electron chi connectivity index (χ0n) is 39.2. The predicted molar refractivity (Wildman–Crippen MR) is 262 cm³/mol. The van der Waals surface area contributed by atoms with Crippen molar-refractivity contribution in [1.82, 2.24) is 18.3 Å². The van der Waals surface area contributed by atoms with Gasteiger partial charge in [0.05, 0.1) is 22.7 Å². The third kappa shape index (κ3) is 13.2. The molecule has 0 aliphatic heterocycles. The maximum Gasteiger partial charge on any atom is 0.107 e. The van der Waals surface area contributed by atoms with E-state index in [0.29, 0.717) is 0 Å². The van der Waals surface area contributed by atoms with Gasteiger partial charge in [-0.25, -0.2) is 0 Å². The van der Waals surface area contributed by atoms with E-state index < -0.39 is 0 Å². The number of aromatic nitrogens is 4. The summed E-state index contributed by atoms with van der Waals surface area (Å²) < 4.78 is 8.44. The Labute approximate surface area is 378 Å². The van der Waals surface area contributed by atoms with Crippen LogP contribution >= 0.6 is 0 Å². The normalized spacial score (nSPS) is 11.2. The zero-order valence-corrected chi connectivity index (χ0v) is 39.2. The summed E-state index contributed by atoms with van der Waals surface area (Å²) in [6.45, 7) is 16.4. The molecule has 0 saturated carbocycles. The van der Waals surface area contributed by atoms with Crippen LogP contribution in [0.15, 0.2) is 187 Å². The molecular formula is C52H60N12. The maximum absolute atomic E-state index is 4.26. The topological polar surface area (TPSA) is 119 Å². The summed E-state index contributed by atoms with van der Waals surface area (Å²) in [5.74, 6) is 0. The molecule has 328 valence electrons. The molecule has 0 fully saturated rings. The van der Waals surface area contributed by atoms with Crippen molar-refractivity contribution in [3.63, 3.8) is 0 Å². The Morgan fingerprint density at radius 1 is 0.250 bits per heavy atom. The fourth-order valence-electron chi connectivity index (χ4n) is 6.17. The Hall–Kier alpha value is -7.60. The number of aryl methyl sites for hydroxylation is 4. The lowest BCUT2D eigenvalue weighted by molar-refractivity contribution is 0.843. The largest absolute Gasteiger partial charge is 0.350 e.